The van der Waals surface area contributed by atoms with Crippen molar-refractivity contribution in [2.24, 2.45) is 5.14 Å². The summed E-state index contributed by atoms with van der Waals surface area (Å²) in [6.45, 7) is 0.513. The Balaban J connectivity index is 2.96. The van der Waals surface area contributed by atoms with Crippen LogP contribution in [0.1, 0.15) is 5.56 Å². The molecule has 0 saturated heterocycles. The van der Waals surface area contributed by atoms with Gasteiger partial charge in [0, 0.05) is 11.9 Å². The molecule has 1 unspecified atom stereocenters. The van der Waals surface area contributed by atoms with Crippen molar-refractivity contribution < 1.29 is 13.2 Å². The van der Waals surface area contributed by atoms with Crippen LogP contribution in [0.15, 0.2) is 29.2 Å². The lowest BCUT2D eigenvalue weighted by atomic mass is 10.1. The molecule has 1 rings (SSSR count). The molecule has 0 amide bonds. The Morgan fingerprint density at radius 3 is 2.62 bits per heavy atom. The highest BCUT2D eigenvalue weighted by atomic mass is 79.9. The summed E-state index contributed by atoms with van der Waals surface area (Å²) < 4.78 is 27.6. The summed E-state index contributed by atoms with van der Waals surface area (Å²) in [6, 6.07) is 6.71. The lowest BCUT2D eigenvalue weighted by molar-refractivity contribution is 0.200. The Morgan fingerprint density at radius 2 is 2.06 bits per heavy atom. The topological polar surface area (TPSA) is 69.4 Å². The Labute approximate surface area is 104 Å². The first kappa shape index (κ1) is 13.6. The zero-order valence-electron chi connectivity index (χ0n) is 8.89. The number of benzene rings is 1. The van der Waals surface area contributed by atoms with E-state index in [4.69, 9.17) is 9.88 Å². The van der Waals surface area contributed by atoms with Crippen LogP contribution in [-0.4, -0.2) is 27.0 Å². The second-order valence-corrected chi connectivity index (χ2v) is 6.23. The zero-order chi connectivity index (χ0) is 12.2. The molecule has 6 heteroatoms. The number of halogens is 1. The number of nitrogens with two attached hydrogens (primary N) is 1. The molecular formula is C10H14BrNO3S. The van der Waals surface area contributed by atoms with Crippen molar-refractivity contribution in [3.05, 3.63) is 29.8 Å². The zero-order valence-corrected chi connectivity index (χ0v) is 11.3. The number of primary sulfonamides is 1. The summed E-state index contributed by atoms with van der Waals surface area (Å²) in [5.41, 5.74) is 0.698. The van der Waals surface area contributed by atoms with Gasteiger partial charge in [0.15, 0.2) is 0 Å². The van der Waals surface area contributed by atoms with Gasteiger partial charge in [-0.05, 0) is 18.1 Å². The molecule has 0 heterocycles. The minimum Gasteiger partial charge on any atom is -0.384 e. The van der Waals surface area contributed by atoms with Crippen molar-refractivity contribution in [1.82, 2.24) is 0 Å². The van der Waals surface area contributed by atoms with Crippen LogP contribution in [0.5, 0.6) is 0 Å². The number of rotatable bonds is 5. The first-order valence-corrected chi connectivity index (χ1v) is 7.15. The predicted octanol–water partition coefficient (Wildman–Crippen LogP) is 1.29. The Morgan fingerprint density at radius 1 is 1.44 bits per heavy atom. The van der Waals surface area contributed by atoms with E-state index in [-0.39, 0.29) is 9.72 Å². The van der Waals surface area contributed by atoms with Gasteiger partial charge in [0.1, 0.15) is 0 Å². The second kappa shape index (κ2) is 5.77. The van der Waals surface area contributed by atoms with Crippen LogP contribution in [0.4, 0.5) is 0 Å². The fourth-order valence-corrected chi connectivity index (χ4v) is 2.83. The van der Waals surface area contributed by atoms with Crippen molar-refractivity contribution >= 4 is 26.0 Å². The van der Waals surface area contributed by atoms with Crippen molar-refractivity contribution in [3.63, 3.8) is 0 Å². The van der Waals surface area contributed by atoms with Gasteiger partial charge in [-0.15, -0.1) is 0 Å². The van der Waals surface area contributed by atoms with E-state index in [0.29, 0.717) is 18.6 Å². The first-order valence-electron chi connectivity index (χ1n) is 4.69. The summed E-state index contributed by atoms with van der Waals surface area (Å²) in [7, 11) is -2.06. The van der Waals surface area contributed by atoms with E-state index in [1.165, 1.54) is 6.07 Å². The van der Waals surface area contributed by atoms with Gasteiger partial charge < -0.3 is 4.74 Å². The number of ether oxygens (including phenoxy) is 1. The molecule has 0 spiro atoms. The first-order chi connectivity index (χ1) is 7.45. The lowest BCUT2D eigenvalue weighted by Gasteiger charge is -2.11. The molecule has 1 aromatic rings. The van der Waals surface area contributed by atoms with Gasteiger partial charge in [-0.2, -0.15) is 0 Å². The van der Waals surface area contributed by atoms with Crippen molar-refractivity contribution in [1.29, 1.82) is 0 Å². The van der Waals surface area contributed by atoms with Crippen molar-refractivity contribution in [2.45, 2.75) is 16.1 Å². The fourth-order valence-electron chi connectivity index (χ4n) is 1.43. The summed E-state index contributed by atoms with van der Waals surface area (Å²) in [5.74, 6) is 0. The average Bonchev–Trinajstić information content (AvgIpc) is 2.17. The highest BCUT2D eigenvalue weighted by molar-refractivity contribution is 9.09. The minimum absolute atomic E-state index is 0.0698. The van der Waals surface area contributed by atoms with E-state index >= 15 is 0 Å². The van der Waals surface area contributed by atoms with E-state index in [9.17, 15) is 8.42 Å². The Kier molecular flexibility index (Phi) is 4.91. The smallest absolute Gasteiger partial charge is 0.238 e. The number of hydrogen-bond acceptors (Lipinski definition) is 3. The average molecular weight is 308 g/mol. The number of methoxy groups -OCH3 is 1. The monoisotopic (exact) mass is 307 g/mol. The fraction of sp³-hybridized carbons (Fsp3) is 0.400. The SMILES string of the molecule is COCC(Br)Cc1ccccc1S(N)(=O)=O. The molecule has 1 atom stereocenters. The number of alkyl halides is 1. The summed E-state index contributed by atoms with van der Waals surface area (Å²) in [6.07, 6.45) is 0.556. The van der Waals surface area contributed by atoms with Gasteiger partial charge in [0.25, 0.3) is 0 Å². The van der Waals surface area contributed by atoms with Crippen LogP contribution in [0.25, 0.3) is 0 Å². The summed E-state index contributed by atoms with van der Waals surface area (Å²) in [4.78, 5) is 0.246. The van der Waals surface area contributed by atoms with E-state index in [2.05, 4.69) is 15.9 Å². The van der Waals surface area contributed by atoms with Crippen LogP contribution in [0, 0.1) is 0 Å². The molecule has 0 aliphatic rings. The molecule has 90 valence electrons. The maximum absolute atomic E-state index is 11.3. The van der Waals surface area contributed by atoms with E-state index < -0.39 is 10.0 Å². The van der Waals surface area contributed by atoms with Gasteiger partial charge in [0.05, 0.1) is 11.5 Å². The van der Waals surface area contributed by atoms with Gasteiger partial charge in [-0.25, -0.2) is 13.6 Å². The molecule has 4 nitrogen and oxygen atoms in total. The third-order valence-corrected chi connectivity index (χ3v) is 3.67. The van der Waals surface area contributed by atoms with E-state index in [1.807, 2.05) is 0 Å². The van der Waals surface area contributed by atoms with Gasteiger partial charge in [-0.3, -0.25) is 0 Å². The summed E-state index contributed by atoms with van der Waals surface area (Å²) >= 11 is 3.42. The minimum atomic E-state index is -3.66. The van der Waals surface area contributed by atoms with E-state index in [0.717, 1.165) is 0 Å². The second-order valence-electron chi connectivity index (χ2n) is 3.41. The molecular weight excluding hydrogens is 294 g/mol. The van der Waals surface area contributed by atoms with Crippen LogP contribution < -0.4 is 5.14 Å². The highest BCUT2D eigenvalue weighted by Gasteiger charge is 2.15. The highest BCUT2D eigenvalue weighted by Crippen LogP contribution is 2.18. The standard InChI is InChI=1S/C10H14BrNO3S/c1-15-7-9(11)6-8-4-2-3-5-10(8)16(12,13)14/h2-5,9H,6-7H2,1H3,(H2,12,13,14). The van der Waals surface area contributed by atoms with Crippen molar-refractivity contribution in [2.75, 3.05) is 13.7 Å². The summed E-state index contributed by atoms with van der Waals surface area (Å²) in [5, 5.41) is 5.13. The third kappa shape index (κ3) is 3.86. The van der Waals surface area contributed by atoms with Crippen LogP contribution in [0.3, 0.4) is 0 Å². The third-order valence-electron chi connectivity index (χ3n) is 2.07. The molecule has 16 heavy (non-hydrogen) atoms. The largest absolute Gasteiger partial charge is 0.384 e. The lowest BCUT2D eigenvalue weighted by Crippen LogP contribution is -2.17. The number of hydrogen-bond donors (Lipinski definition) is 1. The van der Waals surface area contributed by atoms with Crippen LogP contribution >= 0.6 is 15.9 Å². The van der Waals surface area contributed by atoms with Gasteiger partial charge in [-0.1, -0.05) is 34.1 Å². The molecule has 0 fully saturated rings. The molecule has 0 saturated carbocycles. The van der Waals surface area contributed by atoms with Gasteiger partial charge in [0.2, 0.25) is 10.0 Å². The molecule has 1 aromatic carbocycles. The maximum Gasteiger partial charge on any atom is 0.238 e. The quantitative estimate of drug-likeness (QED) is 0.833. The molecule has 0 bridgehead atoms. The molecule has 0 aromatic heterocycles. The van der Waals surface area contributed by atoms with Crippen molar-refractivity contribution in [3.8, 4) is 0 Å². The maximum atomic E-state index is 11.3. The Bertz CT molecular complexity index is 447. The van der Waals surface area contributed by atoms with Gasteiger partial charge >= 0.3 is 0 Å². The van der Waals surface area contributed by atoms with Crippen LogP contribution in [0.2, 0.25) is 0 Å². The molecule has 0 aliphatic carbocycles. The predicted molar refractivity (Wildman–Crippen MR) is 66.1 cm³/mol. The molecule has 0 radical (unpaired) electrons. The van der Waals surface area contributed by atoms with Crippen LogP contribution in [-0.2, 0) is 21.2 Å². The Hall–Kier alpha value is -0.430. The van der Waals surface area contributed by atoms with E-state index in [1.54, 1.807) is 25.3 Å². The normalized spacial score (nSPS) is 13.7. The molecule has 0 aliphatic heterocycles. The number of sulfonamides is 1. The molecule has 2 N–H and O–H groups in total.